The third-order valence-corrected chi connectivity index (χ3v) is 3.68. The van der Waals surface area contributed by atoms with E-state index < -0.39 is 0 Å². The molecule has 1 N–H and O–H groups in total. The summed E-state index contributed by atoms with van der Waals surface area (Å²) in [6.07, 6.45) is 0.792. The summed E-state index contributed by atoms with van der Waals surface area (Å²) in [6, 6.07) is 5.97. The molecule has 5 heteroatoms. The Kier molecular flexibility index (Phi) is 2.48. The molecule has 3 aromatic rings. The van der Waals surface area contributed by atoms with Crippen LogP contribution in [0.1, 0.15) is 20.5 Å². The highest BCUT2D eigenvalue weighted by Crippen LogP contribution is 2.28. The molecule has 0 saturated heterocycles. The molecule has 0 fully saturated rings. The summed E-state index contributed by atoms with van der Waals surface area (Å²) in [6.45, 7) is 3.90. The van der Waals surface area contributed by atoms with Crippen molar-refractivity contribution in [2.75, 3.05) is 0 Å². The Labute approximate surface area is 108 Å². The molecule has 4 nitrogen and oxygen atoms in total. The highest BCUT2D eigenvalue weighted by Gasteiger charge is 2.10. The highest BCUT2D eigenvalue weighted by molar-refractivity contribution is 7.13. The number of hydrogen-bond donors (Lipinski definition) is 1. The minimum Gasteiger partial charge on any atom is -0.342 e. The summed E-state index contributed by atoms with van der Waals surface area (Å²) < 4.78 is 0. The number of H-pyrrole nitrogens is 1. The van der Waals surface area contributed by atoms with Crippen LogP contribution in [-0.4, -0.2) is 21.2 Å². The number of rotatable bonds is 2. The van der Waals surface area contributed by atoms with Crippen LogP contribution in [-0.2, 0) is 0 Å². The molecule has 2 aromatic heterocycles. The van der Waals surface area contributed by atoms with Crippen LogP contribution < -0.4 is 0 Å². The number of aryl methyl sites for hydroxylation is 2. The molecule has 0 bridgehead atoms. The number of carbonyl (C=O) groups excluding carboxylic acids is 1. The van der Waals surface area contributed by atoms with Crippen molar-refractivity contribution in [1.29, 1.82) is 0 Å². The number of carbonyl (C=O) groups is 1. The molecule has 0 aliphatic carbocycles. The number of aromatic nitrogens is 3. The van der Waals surface area contributed by atoms with Gasteiger partial charge < -0.3 is 4.98 Å². The van der Waals surface area contributed by atoms with Gasteiger partial charge in [-0.25, -0.2) is 9.97 Å². The number of benzene rings is 1. The molecule has 3 rings (SSSR count). The molecule has 2 heterocycles. The van der Waals surface area contributed by atoms with E-state index in [-0.39, 0.29) is 0 Å². The smallest absolute Gasteiger partial charge is 0.178 e. The molecule has 18 heavy (non-hydrogen) atoms. The third-order valence-electron chi connectivity index (χ3n) is 2.79. The number of aldehydes is 1. The largest absolute Gasteiger partial charge is 0.342 e. The molecular weight excluding hydrogens is 246 g/mol. The standard InChI is InChI=1S/C13H11N3OS/c1-7-13(16-12(6-17)18-7)9-3-4-10-11(5-9)15-8(2)14-10/h3-6H,1-2H3,(H,14,15). The Bertz CT molecular complexity index is 742. The Hall–Kier alpha value is -2.01. The predicted octanol–water partition coefficient (Wildman–Crippen LogP) is 3.12. The number of nitrogens with zero attached hydrogens (tertiary/aromatic N) is 2. The molecule has 0 amide bonds. The molecule has 0 aliphatic rings. The topological polar surface area (TPSA) is 58.6 Å². The SMILES string of the molecule is Cc1nc2ccc(-c3nc(C=O)sc3C)cc2[nH]1. The van der Waals surface area contributed by atoms with Gasteiger partial charge >= 0.3 is 0 Å². The van der Waals surface area contributed by atoms with E-state index in [1.165, 1.54) is 11.3 Å². The fraction of sp³-hybridized carbons (Fsp3) is 0.154. The van der Waals surface area contributed by atoms with Crippen LogP contribution in [0.4, 0.5) is 0 Å². The molecule has 0 aliphatic heterocycles. The fourth-order valence-corrected chi connectivity index (χ4v) is 2.78. The first-order valence-electron chi connectivity index (χ1n) is 5.57. The summed E-state index contributed by atoms with van der Waals surface area (Å²) in [5, 5.41) is 0.517. The van der Waals surface area contributed by atoms with E-state index in [1.54, 1.807) is 0 Å². The van der Waals surface area contributed by atoms with E-state index in [2.05, 4.69) is 15.0 Å². The van der Waals surface area contributed by atoms with Gasteiger partial charge in [-0.2, -0.15) is 0 Å². The van der Waals surface area contributed by atoms with Crippen molar-refractivity contribution in [1.82, 2.24) is 15.0 Å². The van der Waals surface area contributed by atoms with Gasteiger partial charge in [-0.15, -0.1) is 11.3 Å². The van der Waals surface area contributed by atoms with Crippen LogP contribution in [0.15, 0.2) is 18.2 Å². The zero-order valence-electron chi connectivity index (χ0n) is 10.0. The van der Waals surface area contributed by atoms with E-state index in [4.69, 9.17) is 0 Å². The zero-order chi connectivity index (χ0) is 12.7. The minimum atomic E-state index is 0.517. The maximum atomic E-state index is 10.8. The van der Waals surface area contributed by atoms with Gasteiger partial charge in [0.1, 0.15) is 5.82 Å². The first-order chi connectivity index (χ1) is 8.67. The van der Waals surface area contributed by atoms with Crippen LogP contribution in [0, 0.1) is 13.8 Å². The third kappa shape index (κ3) is 1.73. The Morgan fingerprint density at radius 3 is 2.83 bits per heavy atom. The Balaban J connectivity index is 2.17. The van der Waals surface area contributed by atoms with Crippen molar-refractivity contribution < 1.29 is 4.79 Å². The van der Waals surface area contributed by atoms with Crippen LogP contribution in [0.5, 0.6) is 0 Å². The van der Waals surface area contributed by atoms with Gasteiger partial charge in [-0.3, -0.25) is 4.79 Å². The molecule has 0 spiro atoms. The van der Waals surface area contributed by atoms with Crippen molar-refractivity contribution in [3.05, 3.63) is 33.9 Å². The Morgan fingerprint density at radius 2 is 2.11 bits per heavy atom. The second-order valence-electron chi connectivity index (χ2n) is 4.13. The van der Waals surface area contributed by atoms with Gasteiger partial charge in [-0.05, 0) is 26.0 Å². The number of hydrogen-bond acceptors (Lipinski definition) is 4. The molecule has 0 atom stereocenters. The summed E-state index contributed by atoms with van der Waals surface area (Å²) >= 11 is 1.41. The van der Waals surface area contributed by atoms with Crippen molar-refractivity contribution in [2.24, 2.45) is 0 Å². The molecule has 0 unspecified atom stereocenters. The van der Waals surface area contributed by atoms with Gasteiger partial charge in [0.15, 0.2) is 11.3 Å². The lowest BCUT2D eigenvalue weighted by molar-refractivity contribution is 0.112. The summed E-state index contributed by atoms with van der Waals surface area (Å²) in [5.74, 6) is 0.894. The molecular formula is C13H11N3OS. The van der Waals surface area contributed by atoms with Crippen molar-refractivity contribution in [3.63, 3.8) is 0 Å². The molecule has 0 radical (unpaired) electrons. The number of nitrogens with one attached hydrogen (secondary N) is 1. The number of imidazole rings is 1. The lowest BCUT2D eigenvalue weighted by Gasteiger charge is -1.98. The van der Waals surface area contributed by atoms with E-state index >= 15 is 0 Å². The van der Waals surface area contributed by atoms with E-state index in [1.807, 2.05) is 32.0 Å². The highest BCUT2D eigenvalue weighted by atomic mass is 32.1. The molecule has 90 valence electrons. The van der Waals surface area contributed by atoms with Crippen LogP contribution in [0.2, 0.25) is 0 Å². The fourth-order valence-electron chi connectivity index (χ4n) is 2.02. The van der Waals surface area contributed by atoms with Gasteiger partial charge in [-0.1, -0.05) is 6.07 Å². The summed E-state index contributed by atoms with van der Waals surface area (Å²) in [7, 11) is 0. The van der Waals surface area contributed by atoms with Gasteiger partial charge in [0.05, 0.1) is 16.7 Å². The maximum absolute atomic E-state index is 10.8. The van der Waals surface area contributed by atoms with Gasteiger partial charge in [0.25, 0.3) is 0 Å². The van der Waals surface area contributed by atoms with Crippen molar-refractivity contribution >= 4 is 28.7 Å². The molecule has 0 saturated carbocycles. The van der Waals surface area contributed by atoms with Crippen molar-refractivity contribution in [2.45, 2.75) is 13.8 Å². The normalized spacial score (nSPS) is 11.0. The first-order valence-corrected chi connectivity index (χ1v) is 6.38. The van der Waals surface area contributed by atoms with Crippen LogP contribution in [0.3, 0.4) is 0 Å². The number of aromatic amines is 1. The summed E-state index contributed by atoms with van der Waals surface area (Å²) in [4.78, 5) is 23.7. The maximum Gasteiger partial charge on any atom is 0.178 e. The second-order valence-corrected chi connectivity index (χ2v) is 5.36. The lowest BCUT2D eigenvalue weighted by Crippen LogP contribution is -1.82. The van der Waals surface area contributed by atoms with Crippen LogP contribution in [0.25, 0.3) is 22.3 Å². The molecule has 1 aromatic carbocycles. The average Bonchev–Trinajstić information content (AvgIpc) is 2.89. The van der Waals surface area contributed by atoms with E-state index in [9.17, 15) is 4.79 Å². The first kappa shape index (κ1) is 11.1. The summed E-state index contributed by atoms with van der Waals surface area (Å²) in [5.41, 5.74) is 3.81. The monoisotopic (exact) mass is 257 g/mol. The second kappa shape index (κ2) is 4.03. The van der Waals surface area contributed by atoms with Crippen LogP contribution >= 0.6 is 11.3 Å². The minimum absolute atomic E-state index is 0.517. The lowest BCUT2D eigenvalue weighted by atomic mass is 10.1. The van der Waals surface area contributed by atoms with Gasteiger partial charge in [0, 0.05) is 10.4 Å². The van der Waals surface area contributed by atoms with Crippen molar-refractivity contribution in [3.8, 4) is 11.3 Å². The quantitative estimate of drug-likeness (QED) is 0.717. The average molecular weight is 257 g/mol. The zero-order valence-corrected chi connectivity index (χ0v) is 10.8. The number of thiazole rings is 1. The van der Waals surface area contributed by atoms with E-state index in [0.717, 1.165) is 39.3 Å². The Morgan fingerprint density at radius 1 is 1.28 bits per heavy atom. The van der Waals surface area contributed by atoms with E-state index in [0.29, 0.717) is 5.01 Å². The number of fused-ring (bicyclic) bond motifs is 1. The predicted molar refractivity (Wildman–Crippen MR) is 72.1 cm³/mol. The van der Waals surface area contributed by atoms with Gasteiger partial charge in [0.2, 0.25) is 0 Å².